The van der Waals surface area contributed by atoms with Crippen LogP contribution >= 0.6 is 0 Å². The summed E-state index contributed by atoms with van der Waals surface area (Å²) in [5, 5.41) is 2.88. The Morgan fingerprint density at radius 1 is 1.04 bits per heavy atom. The van der Waals surface area contributed by atoms with Crippen molar-refractivity contribution in [3.05, 3.63) is 54.4 Å². The Kier molecular flexibility index (Phi) is 5.78. The van der Waals surface area contributed by atoms with E-state index in [1.807, 2.05) is 30.0 Å². The summed E-state index contributed by atoms with van der Waals surface area (Å²) in [6.45, 7) is 4.54. The first-order valence-electron chi connectivity index (χ1n) is 8.79. The highest BCUT2D eigenvalue weighted by atomic mass is 16.2. The molecule has 7 nitrogen and oxygen atoms in total. The molecule has 1 N–H and O–H groups in total. The highest BCUT2D eigenvalue weighted by Crippen LogP contribution is 2.11. The van der Waals surface area contributed by atoms with Crippen LogP contribution in [-0.2, 0) is 4.79 Å². The lowest BCUT2D eigenvalue weighted by molar-refractivity contribution is -0.131. The van der Waals surface area contributed by atoms with Crippen molar-refractivity contribution in [2.45, 2.75) is 19.4 Å². The van der Waals surface area contributed by atoms with Crippen molar-refractivity contribution in [1.29, 1.82) is 0 Å². The second-order valence-electron chi connectivity index (χ2n) is 6.36. The fraction of sp³-hybridized carbons (Fsp3) is 0.368. The number of benzene rings is 1. The number of piperazine rings is 1. The molecule has 2 heterocycles. The molecule has 1 fully saturated rings. The molecule has 0 aliphatic carbocycles. The maximum absolute atomic E-state index is 12.5. The lowest BCUT2D eigenvalue weighted by atomic mass is 10.1. The van der Waals surface area contributed by atoms with Gasteiger partial charge < -0.3 is 15.1 Å². The maximum Gasteiger partial charge on any atom is 0.251 e. The highest BCUT2D eigenvalue weighted by molar-refractivity contribution is 5.94. The Labute approximate surface area is 153 Å². The van der Waals surface area contributed by atoms with Gasteiger partial charge in [0.1, 0.15) is 0 Å². The molecule has 136 valence electrons. The third kappa shape index (κ3) is 4.56. The van der Waals surface area contributed by atoms with Gasteiger partial charge in [-0.1, -0.05) is 18.2 Å². The van der Waals surface area contributed by atoms with Crippen molar-refractivity contribution in [2.75, 3.05) is 31.1 Å². The molecule has 1 aromatic heterocycles. The molecule has 0 saturated carbocycles. The zero-order valence-electron chi connectivity index (χ0n) is 14.8. The van der Waals surface area contributed by atoms with Crippen molar-refractivity contribution < 1.29 is 9.59 Å². The quantitative estimate of drug-likeness (QED) is 0.877. The number of carbonyl (C=O) groups excluding carboxylic acids is 2. The summed E-state index contributed by atoms with van der Waals surface area (Å²) in [5.41, 5.74) is 0.600. The first kappa shape index (κ1) is 17.8. The Balaban J connectivity index is 1.46. The minimum atomic E-state index is -0.217. The van der Waals surface area contributed by atoms with E-state index >= 15 is 0 Å². The zero-order chi connectivity index (χ0) is 18.4. The molecule has 0 bridgehead atoms. The average molecular weight is 353 g/mol. The van der Waals surface area contributed by atoms with Crippen LogP contribution in [0.2, 0.25) is 0 Å². The predicted molar refractivity (Wildman–Crippen MR) is 98.8 cm³/mol. The van der Waals surface area contributed by atoms with Crippen LogP contribution in [0.1, 0.15) is 23.7 Å². The molecule has 1 aliphatic rings. The van der Waals surface area contributed by atoms with E-state index in [-0.39, 0.29) is 17.9 Å². The zero-order valence-corrected chi connectivity index (χ0v) is 14.8. The number of carbonyl (C=O) groups is 2. The summed E-state index contributed by atoms with van der Waals surface area (Å²) in [5.74, 6) is 0.597. The Morgan fingerprint density at radius 2 is 1.69 bits per heavy atom. The lowest BCUT2D eigenvalue weighted by Gasteiger charge is -2.35. The van der Waals surface area contributed by atoms with Gasteiger partial charge in [0.2, 0.25) is 11.9 Å². The summed E-state index contributed by atoms with van der Waals surface area (Å²) < 4.78 is 0. The van der Waals surface area contributed by atoms with Crippen LogP contribution in [0, 0.1) is 0 Å². The molecular formula is C19H23N5O2. The largest absolute Gasteiger partial charge is 0.349 e. The van der Waals surface area contributed by atoms with Crippen LogP contribution in [0.3, 0.4) is 0 Å². The van der Waals surface area contributed by atoms with E-state index < -0.39 is 0 Å². The average Bonchev–Trinajstić information content (AvgIpc) is 2.69. The molecule has 1 unspecified atom stereocenters. The molecule has 1 aromatic carbocycles. The van der Waals surface area contributed by atoms with E-state index in [0.717, 1.165) is 0 Å². The molecule has 0 radical (unpaired) electrons. The molecule has 3 rings (SSSR count). The second kappa shape index (κ2) is 8.42. The van der Waals surface area contributed by atoms with Gasteiger partial charge in [-0.25, -0.2) is 9.97 Å². The number of amides is 2. The van der Waals surface area contributed by atoms with Crippen LogP contribution in [0.25, 0.3) is 0 Å². The van der Waals surface area contributed by atoms with Crippen LogP contribution in [0.4, 0.5) is 5.95 Å². The number of aromatic nitrogens is 2. The number of anilines is 1. The van der Waals surface area contributed by atoms with Crippen molar-refractivity contribution >= 4 is 17.8 Å². The highest BCUT2D eigenvalue weighted by Gasteiger charge is 2.24. The van der Waals surface area contributed by atoms with Gasteiger partial charge in [0.05, 0.1) is 0 Å². The van der Waals surface area contributed by atoms with Crippen LogP contribution < -0.4 is 10.2 Å². The van der Waals surface area contributed by atoms with E-state index in [2.05, 4.69) is 20.2 Å². The fourth-order valence-corrected chi connectivity index (χ4v) is 2.95. The van der Waals surface area contributed by atoms with Gasteiger partial charge in [-0.15, -0.1) is 0 Å². The SMILES string of the molecule is CC(CC(=O)N1CCN(c2ncccn2)CC1)NC(=O)c1ccccc1. The van der Waals surface area contributed by atoms with E-state index in [9.17, 15) is 9.59 Å². The number of hydrogen-bond donors (Lipinski definition) is 1. The number of nitrogens with zero attached hydrogens (tertiary/aromatic N) is 4. The molecule has 26 heavy (non-hydrogen) atoms. The van der Waals surface area contributed by atoms with Crippen LogP contribution in [0.15, 0.2) is 48.8 Å². The Bertz CT molecular complexity index is 730. The molecule has 2 aromatic rings. The summed E-state index contributed by atoms with van der Waals surface area (Å²) in [7, 11) is 0. The smallest absolute Gasteiger partial charge is 0.251 e. The summed E-state index contributed by atoms with van der Waals surface area (Å²) >= 11 is 0. The molecule has 1 saturated heterocycles. The lowest BCUT2D eigenvalue weighted by Crippen LogP contribution is -2.50. The first-order chi connectivity index (χ1) is 12.6. The number of hydrogen-bond acceptors (Lipinski definition) is 5. The fourth-order valence-electron chi connectivity index (χ4n) is 2.95. The molecule has 1 atom stereocenters. The van der Waals surface area contributed by atoms with Crippen LogP contribution in [-0.4, -0.2) is 58.9 Å². The second-order valence-corrected chi connectivity index (χ2v) is 6.36. The monoisotopic (exact) mass is 353 g/mol. The van der Waals surface area contributed by atoms with E-state index in [4.69, 9.17) is 0 Å². The van der Waals surface area contributed by atoms with Crippen LogP contribution in [0.5, 0.6) is 0 Å². The Hall–Kier alpha value is -2.96. The number of nitrogens with one attached hydrogen (secondary N) is 1. The minimum Gasteiger partial charge on any atom is -0.349 e. The summed E-state index contributed by atoms with van der Waals surface area (Å²) in [6.07, 6.45) is 3.73. The van der Waals surface area contributed by atoms with Gasteiger partial charge in [-0.05, 0) is 25.1 Å². The van der Waals surface area contributed by atoms with Gasteiger partial charge in [-0.3, -0.25) is 9.59 Å². The third-order valence-electron chi connectivity index (χ3n) is 4.36. The third-order valence-corrected chi connectivity index (χ3v) is 4.36. The van der Waals surface area contributed by atoms with Gasteiger partial charge in [0.15, 0.2) is 0 Å². The van der Waals surface area contributed by atoms with Gasteiger partial charge in [0.25, 0.3) is 5.91 Å². The predicted octanol–water partition coefficient (Wildman–Crippen LogP) is 1.33. The van der Waals surface area contributed by atoms with Gasteiger partial charge >= 0.3 is 0 Å². The van der Waals surface area contributed by atoms with Crippen molar-refractivity contribution in [2.24, 2.45) is 0 Å². The molecular weight excluding hydrogens is 330 g/mol. The van der Waals surface area contributed by atoms with Gasteiger partial charge in [-0.2, -0.15) is 0 Å². The maximum atomic E-state index is 12.5. The van der Waals surface area contributed by atoms with E-state index in [1.54, 1.807) is 30.6 Å². The Morgan fingerprint density at radius 3 is 2.35 bits per heavy atom. The molecule has 1 aliphatic heterocycles. The molecule has 7 heteroatoms. The standard InChI is InChI=1S/C19H23N5O2/c1-15(22-18(26)16-6-3-2-4-7-16)14-17(25)23-10-12-24(13-11-23)19-20-8-5-9-21-19/h2-9,15H,10-14H2,1H3,(H,22,26). The van der Waals surface area contributed by atoms with E-state index in [0.29, 0.717) is 44.1 Å². The van der Waals surface area contributed by atoms with Crippen molar-refractivity contribution in [3.8, 4) is 0 Å². The van der Waals surface area contributed by atoms with Crippen molar-refractivity contribution in [1.82, 2.24) is 20.2 Å². The molecule has 0 spiro atoms. The topological polar surface area (TPSA) is 78.4 Å². The van der Waals surface area contributed by atoms with E-state index in [1.165, 1.54) is 0 Å². The minimum absolute atomic E-state index is 0.0551. The normalized spacial score (nSPS) is 15.4. The van der Waals surface area contributed by atoms with Crippen molar-refractivity contribution in [3.63, 3.8) is 0 Å². The first-order valence-corrected chi connectivity index (χ1v) is 8.79. The number of rotatable bonds is 5. The summed E-state index contributed by atoms with van der Waals surface area (Å²) in [6, 6.07) is 10.6. The van der Waals surface area contributed by atoms with Gasteiger partial charge in [0, 0.05) is 56.6 Å². The molecule has 2 amide bonds. The summed E-state index contributed by atoms with van der Waals surface area (Å²) in [4.78, 5) is 37.1.